The molecule has 1 aliphatic carbocycles. The van der Waals surface area contributed by atoms with Gasteiger partial charge in [0.25, 0.3) is 0 Å². The van der Waals surface area contributed by atoms with Gasteiger partial charge < -0.3 is 20.1 Å². The third-order valence-corrected chi connectivity index (χ3v) is 5.41. The second kappa shape index (κ2) is 6.94. The number of nitrogens with one attached hydrogen (secondary N) is 1. The topological polar surface area (TPSA) is 78.9 Å². The molecule has 0 spiro atoms. The van der Waals surface area contributed by atoms with Crippen molar-refractivity contribution in [2.45, 2.75) is 31.6 Å². The van der Waals surface area contributed by atoms with Crippen molar-refractivity contribution in [3.05, 3.63) is 29.8 Å². The van der Waals surface area contributed by atoms with Crippen molar-refractivity contribution in [2.75, 3.05) is 26.7 Å². The lowest BCUT2D eigenvalue weighted by Gasteiger charge is -2.35. The molecule has 0 bridgehead atoms. The van der Waals surface area contributed by atoms with Crippen LogP contribution in [-0.4, -0.2) is 48.8 Å². The van der Waals surface area contributed by atoms with Gasteiger partial charge in [-0.3, -0.25) is 4.79 Å². The molecule has 1 saturated carbocycles. The predicted octanol–water partition coefficient (Wildman–Crippen LogP) is 2.48. The zero-order valence-electron chi connectivity index (χ0n) is 14.8. The lowest BCUT2D eigenvalue weighted by atomic mass is 9.90. The van der Waals surface area contributed by atoms with E-state index in [1.807, 2.05) is 25.1 Å². The van der Waals surface area contributed by atoms with Gasteiger partial charge in [0.2, 0.25) is 0 Å². The second-order valence-electron chi connectivity index (χ2n) is 7.45. The maximum Gasteiger partial charge on any atom is 0.317 e. The molecule has 1 aliphatic heterocycles. The quantitative estimate of drug-likeness (QED) is 0.858. The number of urea groups is 1. The standard InChI is InChI=1S/C19H26N2O4/c1-13-8-14(17(22)23)11-21(10-13)18(24)20-12-19(6-7-19)15-4-3-5-16(9-15)25-2/h3-5,9,13-14H,6-8,10-12H2,1-2H3,(H,20,24)(H,22,23). The van der Waals surface area contributed by atoms with Gasteiger partial charge in [0.05, 0.1) is 13.0 Å². The SMILES string of the molecule is COc1cccc(C2(CNC(=O)N3CC(C)CC(C(=O)O)C3)CC2)c1. The van der Waals surface area contributed by atoms with Crippen molar-refractivity contribution in [3.8, 4) is 5.75 Å². The molecule has 2 atom stereocenters. The number of amides is 2. The number of nitrogens with zero attached hydrogens (tertiary/aromatic N) is 1. The number of carboxylic acids is 1. The van der Waals surface area contributed by atoms with E-state index in [2.05, 4.69) is 11.4 Å². The smallest absolute Gasteiger partial charge is 0.317 e. The minimum Gasteiger partial charge on any atom is -0.497 e. The number of hydrogen-bond donors (Lipinski definition) is 2. The van der Waals surface area contributed by atoms with Gasteiger partial charge in [0, 0.05) is 25.0 Å². The Kier molecular flexibility index (Phi) is 4.88. The number of carboxylic acid groups (broad SMARTS) is 1. The molecule has 0 aromatic heterocycles. The summed E-state index contributed by atoms with van der Waals surface area (Å²) in [5, 5.41) is 12.3. The van der Waals surface area contributed by atoms with Crippen LogP contribution in [0.15, 0.2) is 24.3 Å². The van der Waals surface area contributed by atoms with Crippen LogP contribution in [0.3, 0.4) is 0 Å². The summed E-state index contributed by atoms with van der Waals surface area (Å²) in [6.07, 6.45) is 2.70. The molecule has 1 aromatic carbocycles. The summed E-state index contributed by atoms with van der Waals surface area (Å²) in [6.45, 7) is 3.47. The van der Waals surface area contributed by atoms with E-state index in [4.69, 9.17) is 4.74 Å². The highest BCUT2D eigenvalue weighted by Crippen LogP contribution is 2.48. The van der Waals surface area contributed by atoms with Crippen LogP contribution in [-0.2, 0) is 10.2 Å². The molecular weight excluding hydrogens is 320 g/mol. The van der Waals surface area contributed by atoms with Crippen LogP contribution in [0.4, 0.5) is 4.79 Å². The van der Waals surface area contributed by atoms with Crippen molar-refractivity contribution in [1.82, 2.24) is 10.2 Å². The first-order valence-corrected chi connectivity index (χ1v) is 8.83. The molecule has 2 aliphatic rings. The number of carbonyl (C=O) groups is 2. The van der Waals surface area contributed by atoms with E-state index in [1.165, 1.54) is 5.56 Å². The summed E-state index contributed by atoms with van der Waals surface area (Å²) >= 11 is 0. The summed E-state index contributed by atoms with van der Waals surface area (Å²) < 4.78 is 5.29. The van der Waals surface area contributed by atoms with Crippen molar-refractivity contribution in [2.24, 2.45) is 11.8 Å². The molecule has 3 rings (SSSR count). The normalized spacial score (nSPS) is 24.5. The van der Waals surface area contributed by atoms with E-state index in [-0.39, 0.29) is 23.9 Å². The highest BCUT2D eigenvalue weighted by Gasteiger charge is 2.45. The number of ether oxygens (including phenoxy) is 1. The summed E-state index contributed by atoms with van der Waals surface area (Å²) in [7, 11) is 1.65. The molecule has 136 valence electrons. The molecule has 25 heavy (non-hydrogen) atoms. The van der Waals surface area contributed by atoms with Crippen LogP contribution in [0, 0.1) is 11.8 Å². The summed E-state index contributed by atoms with van der Waals surface area (Å²) in [5.41, 5.74) is 1.17. The van der Waals surface area contributed by atoms with Gasteiger partial charge in [-0.25, -0.2) is 4.79 Å². The van der Waals surface area contributed by atoms with Gasteiger partial charge >= 0.3 is 12.0 Å². The van der Waals surface area contributed by atoms with Gasteiger partial charge in [-0.15, -0.1) is 0 Å². The highest BCUT2D eigenvalue weighted by atomic mass is 16.5. The molecule has 6 nitrogen and oxygen atoms in total. The number of methoxy groups -OCH3 is 1. The largest absolute Gasteiger partial charge is 0.497 e. The van der Waals surface area contributed by atoms with Gasteiger partial charge in [-0.05, 0) is 42.9 Å². The third-order valence-electron chi connectivity index (χ3n) is 5.41. The lowest BCUT2D eigenvalue weighted by Crippen LogP contribution is -2.50. The maximum atomic E-state index is 12.5. The Morgan fingerprint density at radius 3 is 2.76 bits per heavy atom. The Balaban J connectivity index is 1.61. The van der Waals surface area contributed by atoms with E-state index in [0.29, 0.717) is 19.5 Å². The Morgan fingerprint density at radius 1 is 1.36 bits per heavy atom. The number of benzene rings is 1. The number of aliphatic carboxylic acids is 1. The number of likely N-dealkylation sites (tertiary alicyclic amines) is 1. The first-order chi connectivity index (χ1) is 11.9. The molecule has 6 heteroatoms. The van der Waals surface area contributed by atoms with Crippen LogP contribution >= 0.6 is 0 Å². The molecule has 0 radical (unpaired) electrons. The summed E-state index contributed by atoms with van der Waals surface area (Å²) in [5.74, 6) is -0.264. The minimum absolute atomic E-state index is 0.0161. The lowest BCUT2D eigenvalue weighted by molar-refractivity contribution is -0.143. The fourth-order valence-corrected chi connectivity index (χ4v) is 3.72. The zero-order valence-corrected chi connectivity index (χ0v) is 14.8. The zero-order chi connectivity index (χ0) is 18.0. The monoisotopic (exact) mass is 346 g/mol. The van der Waals surface area contributed by atoms with Crippen LogP contribution in [0.5, 0.6) is 5.75 Å². The fraction of sp³-hybridized carbons (Fsp3) is 0.579. The highest BCUT2D eigenvalue weighted by molar-refractivity contribution is 5.76. The average molecular weight is 346 g/mol. The molecule has 2 amide bonds. The second-order valence-corrected chi connectivity index (χ2v) is 7.45. The van der Waals surface area contributed by atoms with Crippen molar-refractivity contribution in [1.29, 1.82) is 0 Å². The Hall–Kier alpha value is -2.24. The van der Waals surface area contributed by atoms with Crippen molar-refractivity contribution >= 4 is 12.0 Å². The van der Waals surface area contributed by atoms with Gasteiger partial charge in [0.15, 0.2) is 0 Å². The van der Waals surface area contributed by atoms with Crippen LogP contribution in [0.2, 0.25) is 0 Å². The summed E-state index contributed by atoms with van der Waals surface area (Å²) in [4.78, 5) is 25.5. The Morgan fingerprint density at radius 2 is 2.12 bits per heavy atom. The molecule has 2 unspecified atom stereocenters. The van der Waals surface area contributed by atoms with E-state index in [0.717, 1.165) is 18.6 Å². The minimum atomic E-state index is -0.820. The molecule has 2 N–H and O–H groups in total. The molecule has 1 heterocycles. The number of carbonyl (C=O) groups excluding carboxylic acids is 1. The number of piperidine rings is 1. The van der Waals surface area contributed by atoms with Crippen molar-refractivity contribution < 1.29 is 19.4 Å². The van der Waals surface area contributed by atoms with E-state index in [1.54, 1.807) is 12.0 Å². The van der Waals surface area contributed by atoms with Crippen LogP contribution in [0.25, 0.3) is 0 Å². The first kappa shape index (κ1) is 17.6. The Labute approximate surface area is 148 Å². The van der Waals surface area contributed by atoms with E-state index >= 15 is 0 Å². The molecular formula is C19H26N2O4. The third kappa shape index (κ3) is 3.89. The Bertz CT molecular complexity index is 657. The predicted molar refractivity (Wildman–Crippen MR) is 93.8 cm³/mol. The van der Waals surface area contributed by atoms with Gasteiger partial charge in [-0.1, -0.05) is 19.1 Å². The van der Waals surface area contributed by atoms with Crippen LogP contribution in [0.1, 0.15) is 31.7 Å². The molecule has 2 fully saturated rings. The van der Waals surface area contributed by atoms with Gasteiger partial charge in [-0.2, -0.15) is 0 Å². The maximum absolute atomic E-state index is 12.5. The van der Waals surface area contributed by atoms with E-state index < -0.39 is 11.9 Å². The van der Waals surface area contributed by atoms with Gasteiger partial charge in [0.1, 0.15) is 5.75 Å². The molecule has 1 saturated heterocycles. The fourth-order valence-electron chi connectivity index (χ4n) is 3.72. The first-order valence-electron chi connectivity index (χ1n) is 8.83. The number of hydrogen-bond acceptors (Lipinski definition) is 3. The van der Waals surface area contributed by atoms with E-state index in [9.17, 15) is 14.7 Å². The molecule has 1 aromatic rings. The number of rotatable bonds is 5. The van der Waals surface area contributed by atoms with Crippen molar-refractivity contribution in [3.63, 3.8) is 0 Å². The average Bonchev–Trinajstić information content (AvgIpc) is 3.40. The van der Waals surface area contributed by atoms with Crippen LogP contribution < -0.4 is 10.1 Å². The summed E-state index contributed by atoms with van der Waals surface area (Å²) in [6, 6.07) is 7.83.